The van der Waals surface area contributed by atoms with Crippen LogP contribution in [-0.2, 0) is 16.0 Å². The first-order valence-corrected chi connectivity index (χ1v) is 8.10. The maximum Gasteiger partial charge on any atom is 0.326 e. The molecule has 1 atom stereocenters. The molecule has 5 heteroatoms. The minimum absolute atomic E-state index is 0.147. The molecule has 0 unspecified atom stereocenters. The summed E-state index contributed by atoms with van der Waals surface area (Å²) < 4.78 is 0.948. The lowest BCUT2D eigenvalue weighted by Gasteiger charge is -2.16. The fourth-order valence-electron chi connectivity index (χ4n) is 2.79. The molecule has 1 aromatic rings. The van der Waals surface area contributed by atoms with Crippen molar-refractivity contribution in [3.05, 3.63) is 34.3 Å². The topological polar surface area (TPSA) is 66.4 Å². The standard InChI is InChI=1S/C16H20BrNO3/c17-13-7-5-12(6-8-13)9-14(16(20)21)18-15(19)10-11-3-1-2-4-11/h5-8,11,14H,1-4,9-10H2,(H,18,19)(H,20,21)/t14-/m0/s1. The van der Waals surface area contributed by atoms with Gasteiger partial charge in [0.25, 0.3) is 0 Å². The van der Waals surface area contributed by atoms with Crippen molar-refractivity contribution >= 4 is 27.8 Å². The molecule has 0 spiro atoms. The van der Waals surface area contributed by atoms with Gasteiger partial charge in [-0.3, -0.25) is 4.79 Å². The second-order valence-electron chi connectivity index (χ2n) is 5.64. The van der Waals surface area contributed by atoms with Gasteiger partial charge in [0.2, 0.25) is 5.91 Å². The summed E-state index contributed by atoms with van der Waals surface area (Å²) in [6, 6.07) is 6.61. The van der Waals surface area contributed by atoms with Crippen molar-refractivity contribution in [1.82, 2.24) is 5.32 Å². The fourth-order valence-corrected chi connectivity index (χ4v) is 3.05. The van der Waals surface area contributed by atoms with E-state index in [1.54, 1.807) is 0 Å². The van der Waals surface area contributed by atoms with Crippen LogP contribution in [0.4, 0.5) is 0 Å². The summed E-state index contributed by atoms with van der Waals surface area (Å²) in [6.07, 6.45) is 5.28. The number of rotatable bonds is 6. The Kier molecular flexibility index (Phi) is 5.79. The molecule has 0 saturated heterocycles. The highest BCUT2D eigenvalue weighted by Crippen LogP contribution is 2.27. The lowest BCUT2D eigenvalue weighted by atomic mass is 10.0. The van der Waals surface area contributed by atoms with Crippen molar-refractivity contribution in [3.8, 4) is 0 Å². The van der Waals surface area contributed by atoms with Crippen molar-refractivity contribution in [1.29, 1.82) is 0 Å². The Labute approximate surface area is 133 Å². The highest BCUT2D eigenvalue weighted by atomic mass is 79.9. The van der Waals surface area contributed by atoms with Gasteiger partial charge < -0.3 is 10.4 Å². The molecule has 21 heavy (non-hydrogen) atoms. The van der Waals surface area contributed by atoms with E-state index in [-0.39, 0.29) is 5.91 Å². The molecule has 0 bridgehead atoms. The molecule has 114 valence electrons. The fraction of sp³-hybridized carbons (Fsp3) is 0.500. The molecule has 0 radical (unpaired) electrons. The Balaban J connectivity index is 1.90. The Bertz CT molecular complexity index is 495. The molecule has 1 aliphatic rings. The van der Waals surface area contributed by atoms with Gasteiger partial charge in [0.05, 0.1) is 0 Å². The van der Waals surface area contributed by atoms with Crippen molar-refractivity contribution in [2.75, 3.05) is 0 Å². The van der Waals surface area contributed by atoms with Gasteiger partial charge in [0.15, 0.2) is 0 Å². The van der Waals surface area contributed by atoms with Crippen LogP contribution in [0.3, 0.4) is 0 Å². The van der Waals surface area contributed by atoms with Crippen LogP contribution in [-0.4, -0.2) is 23.0 Å². The summed E-state index contributed by atoms with van der Waals surface area (Å²) in [4.78, 5) is 23.3. The predicted octanol–water partition coefficient (Wildman–Crippen LogP) is 3.14. The minimum Gasteiger partial charge on any atom is -0.480 e. The van der Waals surface area contributed by atoms with E-state index < -0.39 is 12.0 Å². The van der Waals surface area contributed by atoms with E-state index in [0.717, 1.165) is 22.9 Å². The summed E-state index contributed by atoms with van der Waals surface area (Å²) in [5.41, 5.74) is 0.895. The van der Waals surface area contributed by atoms with Crippen LogP contribution in [0.1, 0.15) is 37.7 Å². The molecule has 0 aromatic heterocycles. The molecule has 1 saturated carbocycles. The average molecular weight is 354 g/mol. The monoisotopic (exact) mass is 353 g/mol. The third kappa shape index (κ3) is 5.16. The Morgan fingerprint density at radius 1 is 1.24 bits per heavy atom. The third-order valence-electron chi connectivity index (χ3n) is 3.94. The maximum atomic E-state index is 12.0. The van der Waals surface area contributed by atoms with Gasteiger partial charge in [-0.25, -0.2) is 4.79 Å². The molecule has 2 rings (SSSR count). The molecule has 1 fully saturated rings. The van der Waals surface area contributed by atoms with Crippen molar-refractivity contribution in [2.45, 2.75) is 44.6 Å². The van der Waals surface area contributed by atoms with E-state index in [4.69, 9.17) is 0 Å². The zero-order valence-corrected chi connectivity index (χ0v) is 13.4. The van der Waals surface area contributed by atoms with Crippen LogP contribution < -0.4 is 5.32 Å². The first-order valence-electron chi connectivity index (χ1n) is 7.31. The summed E-state index contributed by atoms with van der Waals surface area (Å²) >= 11 is 3.34. The molecule has 2 N–H and O–H groups in total. The predicted molar refractivity (Wildman–Crippen MR) is 84.0 cm³/mol. The second kappa shape index (κ2) is 7.59. The zero-order valence-electron chi connectivity index (χ0n) is 11.8. The molecule has 1 amide bonds. The number of carbonyl (C=O) groups is 2. The highest BCUT2D eigenvalue weighted by molar-refractivity contribution is 9.10. The molecule has 1 aromatic carbocycles. The number of aliphatic carboxylic acids is 1. The van der Waals surface area contributed by atoms with E-state index in [9.17, 15) is 14.7 Å². The quantitative estimate of drug-likeness (QED) is 0.825. The Morgan fingerprint density at radius 3 is 2.43 bits per heavy atom. The van der Waals surface area contributed by atoms with Crippen LogP contribution in [0.25, 0.3) is 0 Å². The van der Waals surface area contributed by atoms with Crippen LogP contribution in [0.15, 0.2) is 28.7 Å². The summed E-state index contributed by atoms with van der Waals surface area (Å²) in [5.74, 6) is -0.712. The van der Waals surface area contributed by atoms with Gasteiger partial charge >= 0.3 is 5.97 Å². The van der Waals surface area contributed by atoms with E-state index in [1.165, 1.54) is 12.8 Å². The summed E-state index contributed by atoms with van der Waals surface area (Å²) in [6.45, 7) is 0. The lowest BCUT2D eigenvalue weighted by Crippen LogP contribution is -2.42. The SMILES string of the molecule is O=C(CC1CCCC1)N[C@@H](Cc1ccc(Br)cc1)C(=O)O. The number of nitrogens with one attached hydrogen (secondary N) is 1. The maximum absolute atomic E-state index is 12.0. The number of carbonyl (C=O) groups excluding carboxylic acids is 1. The van der Waals surface area contributed by atoms with Crippen molar-refractivity contribution in [2.24, 2.45) is 5.92 Å². The van der Waals surface area contributed by atoms with Gasteiger partial charge in [-0.15, -0.1) is 0 Å². The molecule has 1 aliphatic carbocycles. The first kappa shape index (κ1) is 16.0. The number of carboxylic acid groups (broad SMARTS) is 1. The molecular formula is C16H20BrNO3. The number of halogens is 1. The third-order valence-corrected chi connectivity index (χ3v) is 4.46. The van der Waals surface area contributed by atoms with Gasteiger partial charge in [-0.05, 0) is 36.5 Å². The van der Waals surface area contributed by atoms with Crippen molar-refractivity contribution in [3.63, 3.8) is 0 Å². The van der Waals surface area contributed by atoms with E-state index in [0.29, 0.717) is 18.8 Å². The van der Waals surface area contributed by atoms with Gasteiger partial charge in [0.1, 0.15) is 6.04 Å². The van der Waals surface area contributed by atoms with Gasteiger partial charge in [-0.2, -0.15) is 0 Å². The van der Waals surface area contributed by atoms with E-state index >= 15 is 0 Å². The number of benzene rings is 1. The zero-order chi connectivity index (χ0) is 15.2. The largest absolute Gasteiger partial charge is 0.480 e. The summed E-state index contributed by atoms with van der Waals surface area (Å²) in [7, 11) is 0. The van der Waals surface area contributed by atoms with E-state index in [1.807, 2.05) is 24.3 Å². The molecule has 4 nitrogen and oxygen atoms in total. The number of hydrogen-bond acceptors (Lipinski definition) is 2. The van der Waals surface area contributed by atoms with E-state index in [2.05, 4.69) is 21.2 Å². The van der Waals surface area contributed by atoms with Crippen LogP contribution in [0.5, 0.6) is 0 Å². The Hall–Kier alpha value is -1.36. The van der Waals surface area contributed by atoms with Gasteiger partial charge in [-0.1, -0.05) is 40.9 Å². The van der Waals surface area contributed by atoms with Crippen molar-refractivity contribution < 1.29 is 14.7 Å². The number of amides is 1. The Morgan fingerprint density at radius 2 is 1.86 bits per heavy atom. The smallest absolute Gasteiger partial charge is 0.326 e. The summed E-state index contributed by atoms with van der Waals surface area (Å²) in [5, 5.41) is 11.9. The number of hydrogen-bond donors (Lipinski definition) is 2. The first-order chi connectivity index (χ1) is 10.0. The lowest BCUT2D eigenvalue weighted by molar-refractivity contribution is -0.141. The normalized spacial score (nSPS) is 16.6. The molecular weight excluding hydrogens is 334 g/mol. The average Bonchev–Trinajstić information content (AvgIpc) is 2.93. The minimum atomic E-state index is -0.988. The van der Waals surface area contributed by atoms with Crippen LogP contribution in [0.2, 0.25) is 0 Å². The molecule has 0 aliphatic heterocycles. The number of carboxylic acids is 1. The molecule has 0 heterocycles. The van der Waals surface area contributed by atoms with Crippen LogP contribution >= 0.6 is 15.9 Å². The second-order valence-corrected chi connectivity index (χ2v) is 6.56. The van der Waals surface area contributed by atoms with Gasteiger partial charge in [0, 0.05) is 17.3 Å². The van der Waals surface area contributed by atoms with Crippen LogP contribution in [0, 0.1) is 5.92 Å². The highest BCUT2D eigenvalue weighted by Gasteiger charge is 2.23.